The second-order valence-corrected chi connectivity index (χ2v) is 6.26. The van der Waals surface area contributed by atoms with Crippen molar-refractivity contribution in [3.05, 3.63) is 71.8 Å². The Hall–Kier alpha value is -1.74. The summed E-state index contributed by atoms with van der Waals surface area (Å²) in [7, 11) is 0. The maximum Gasteiger partial charge on any atom is 0.159 e. The van der Waals surface area contributed by atoms with Crippen molar-refractivity contribution in [3.63, 3.8) is 0 Å². The number of rotatable bonds is 4. The first-order valence-electron chi connectivity index (χ1n) is 7.42. The molecule has 2 aromatic rings. The van der Waals surface area contributed by atoms with Crippen molar-refractivity contribution in [1.82, 2.24) is 4.90 Å². The quantitative estimate of drug-likeness (QED) is 0.841. The normalized spacial score (nSPS) is 14.6. The van der Waals surface area contributed by atoms with E-state index < -0.39 is 0 Å². The Bertz CT molecular complexity index is 539. The predicted molar refractivity (Wildman–Crippen MR) is 91.5 cm³/mol. The van der Waals surface area contributed by atoms with Crippen LogP contribution in [0.25, 0.3) is 0 Å². The Balaban J connectivity index is 1.79. The fraction of sp³-hybridized carbons (Fsp3) is 0.278. The minimum Gasteiger partial charge on any atom is -0.343 e. The SMILES string of the molecule is c1ccc(CN(Cc2ccccc2)C2=NCCCS2)cc1. The lowest BCUT2D eigenvalue weighted by Crippen LogP contribution is -2.30. The minimum absolute atomic E-state index is 0.918. The molecule has 0 radical (unpaired) electrons. The molecule has 0 saturated heterocycles. The molecule has 1 heterocycles. The van der Waals surface area contributed by atoms with Gasteiger partial charge in [-0.15, -0.1) is 0 Å². The van der Waals surface area contributed by atoms with Gasteiger partial charge in [-0.25, -0.2) is 0 Å². The average molecular weight is 296 g/mol. The highest BCUT2D eigenvalue weighted by molar-refractivity contribution is 8.13. The molecule has 0 spiro atoms. The Morgan fingerprint density at radius 1 is 0.857 bits per heavy atom. The van der Waals surface area contributed by atoms with Gasteiger partial charge in [0.15, 0.2) is 5.17 Å². The third kappa shape index (κ3) is 4.11. The van der Waals surface area contributed by atoms with Crippen molar-refractivity contribution < 1.29 is 0 Å². The molecule has 1 aliphatic rings. The first kappa shape index (κ1) is 14.2. The van der Waals surface area contributed by atoms with Crippen molar-refractivity contribution in [2.75, 3.05) is 12.3 Å². The van der Waals surface area contributed by atoms with E-state index in [9.17, 15) is 0 Å². The van der Waals surface area contributed by atoms with Crippen molar-refractivity contribution in [1.29, 1.82) is 0 Å². The van der Waals surface area contributed by atoms with Crippen LogP contribution in [0.15, 0.2) is 65.7 Å². The molecule has 0 amide bonds. The zero-order valence-electron chi connectivity index (χ0n) is 12.1. The Morgan fingerprint density at radius 3 is 1.90 bits per heavy atom. The van der Waals surface area contributed by atoms with Crippen molar-refractivity contribution in [2.24, 2.45) is 4.99 Å². The molecular weight excluding hydrogens is 276 g/mol. The van der Waals surface area contributed by atoms with E-state index in [1.807, 2.05) is 11.8 Å². The molecule has 2 nitrogen and oxygen atoms in total. The number of benzene rings is 2. The van der Waals surface area contributed by atoms with Crippen LogP contribution in [-0.4, -0.2) is 22.4 Å². The highest BCUT2D eigenvalue weighted by atomic mass is 32.2. The third-order valence-corrected chi connectivity index (χ3v) is 4.62. The maximum absolute atomic E-state index is 4.73. The highest BCUT2D eigenvalue weighted by Gasteiger charge is 2.15. The lowest BCUT2D eigenvalue weighted by atomic mass is 10.2. The van der Waals surface area contributed by atoms with Crippen molar-refractivity contribution >= 4 is 16.9 Å². The lowest BCUT2D eigenvalue weighted by molar-refractivity contribution is 0.412. The molecule has 21 heavy (non-hydrogen) atoms. The summed E-state index contributed by atoms with van der Waals surface area (Å²) >= 11 is 1.89. The summed E-state index contributed by atoms with van der Waals surface area (Å²) in [6, 6.07) is 21.3. The van der Waals surface area contributed by atoms with Crippen LogP contribution in [0, 0.1) is 0 Å². The molecule has 0 atom stereocenters. The molecule has 3 rings (SSSR count). The smallest absolute Gasteiger partial charge is 0.159 e. The van der Waals surface area contributed by atoms with Crippen LogP contribution in [0.3, 0.4) is 0 Å². The number of nitrogens with zero attached hydrogens (tertiary/aromatic N) is 2. The van der Waals surface area contributed by atoms with Gasteiger partial charge in [0.25, 0.3) is 0 Å². The van der Waals surface area contributed by atoms with E-state index in [4.69, 9.17) is 4.99 Å². The number of hydrogen-bond acceptors (Lipinski definition) is 3. The Kier molecular flexibility index (Phi) is 4.95. The summed E-state index contributed by atoms with van der Waals surface area (Å²) in [4.78, 5) is 7.12. The molecule has 0 N–H and O–H groups in total. The summed E-state index contributed by atoms with van der Waals surface area (Å²) in [5.41, 5.74) is 2.67. The minimum atomic E-state index is 0.918. The maximum atomic E-state index is 4.73. The fourth-order valence-electron chi connectivity index (χ4n) is 2.44. The van der Waals surface area contributed by atoms with Crippen LogP contribution < -0.4 is 0 Å². The summed E-state index contributed by atoms with van der Waals surface area (Å²) in [6.07, 6.45) is 1.19. The number of aliphatic imine (C=N–C) groups is 1. The molecule has 0 unspecified atom stereocenters. The van der Waals surface area contributed by atoms with E-state index in [-0.39, 0.29) is 0 Å². The van der Waals surface area contributed by atoms with Crippen LogP contribution in [0.2, 0.25) is 0 Å². The zero-order chi connectivity index (χ0) is 14.3. The molecule has 0 aliphatic carbocycles. The van der Waals surface area contributed by atoms with Crippen molar-refractivity contribution in [3.8, 4) is 0 Å². The van der Waals surface area contributed by atoms with Gasteiger partial charge in [0.05, 0.1) is 0 Å². The summed E-state index contributed by atoms with van der Waals surface area (Å²) in [5.74, 6) is 1.18. The highest BCUT2D eigenvalue weighted by Crippen LogP contribution is 2.20. The number of amidine groups is 1. The molecule has 0 bridgehead atoms. The third-order valence-electron chi connectivity index (χ3n) is 3.48. The van der Waals surface area contributed by atoms with Gasteiger partial charge in [0, 0.05) is 25.4 Å². The number of hydrogen-bond donors (Lipinski definition) is 0. The molecule has 0 aromatic heterocycles. The van der Waals surface area contributed by atoms with Gasteiger partial charge in [-0.05, 0) is 17.5 Å². The fourth-order valence-corrected chi connectivity index (χ4v) is 3.39. The van der Waals surface area contributed by atoms with E-state index >= 15 is 0 Å². The van der Waals surface area contributed by atoms with Gasteiger partial charge in [0.1, 0.15) is 0 Å². The van der Waals surface area contributed by atoms with Gasteiger partial charge >= 0.3 is 0 Å². The monoisotopic (exact) mass is 296 g/mol. The summed E-state index contributed by atoms with van der Waals surface area (Å²) in [6.45, 7) is 2.80. The van der Waals surface area contributed by atoms with Gasteiger partial charge in [-0.3, -0.25) is 4.99 Å². The van der Waals surface area contributed by atoms with Crippen LogP contribution in [0.4, 0.5) is 0 Å². The summed E-state index contributed by atoms with van der Waals surface area (Å²) < 4.78 is 0. The molecule has 108 valence electrons. The topological polar surface area (TPSA) is 15.6 Å². The van der Waals surface area contributed by atoms with E-state index in [1.165, 1.54) is 28.5 Å². The van der Waals surface area contributed by atoms with Crippen LogP contribution in [0.5, 0.6) is 0 Å². The van der Waals surface area contributed by atoms with E-state index in [0.29, 0.717) is 0 Å². The first-order valence-corrected chi connectivity index (χ1v) is 8.40. The standard InChI is InChI=1S/C18H20N2S/c1-3-8-16(9-4-1)14-20(18-19-12-7-13-21-18)15-17-10-5-2-6-11-17/h1-6,8-11H,7,12-15H2. The molecule has 3 heteroatoms. The van der Waals surface area contributed by atoms with Crippen LogP contribution in [-0.2, 0) is 13.1 Å². The Labute approximate surface area is 130 Å². The molecule has 2 aromatic carbocycles. The number of thioether (sulfide) groups is 1. The second-order valence-electron chi connectivity index (χ2n) is 5.19. The molecule has 1 aliphatic heterocycles. The largest absolute Gasteiger partial charge is 0.343 e. The lowest BCUT2D eigenvalue weighted by Gasteiger charge is -2.27. The Morgan fingerprint density at radius 2 is 1.43 bits per heavy atom. The van der Waals surface area contributed by atoms with Crippen LogP contribution >= 0.6 is 11.8 Å². The molecular formula is C18H20N2S. The predicted octanol–water partition coefficient (Wildman–Crippen LogP) is 4.18. The van der Waals surface area contributed by atoms with Gasteiger partial charge in [0.2, 0.25) is 0 Å². The van der Waals surface area contributed by atoms with E-state index in [2.05, 4.69) is 65.6 Å². The van der Waals surface area contributed by atoms with Crippen LogP contribution in [0.1, 0.15) is 17.5 Å². The average Bonchev–Trinajstić information content (AvgIpc) is 2.57. The van der Waals surface area contributed by atoms with Crippen molar-refractivity contribution in [2.45, 2.75) is 19.5 Å². The zero-order valence-corrected chi connectivity index (χ0v) is 12.9. The molecule has 0 saturated carbocycles. The van der Waals surface area contributed by atoms with Gasteiger partial charge in [-0.2, -0.15) is 0 Å². The summed E-state index contributed by atoms with van der Waals surface area (Å²) in [5, 5.41) is 1.19. The second kappa shape index (κ2) is 7.32. The van der Waals surface area contributed by atoms with Gasteiger partial charge < -0.3 is 4.90 Å². The van der Waals surface area contributed by atoms with E-state index in [0.717, 1.165) is 19.6 Å². The first-order chi connectivity index (χ1) is 10.4. The van der Waals surface area contributed by atoms with E-state index in [1.54, 1.807) is 0 Å². The molecule has 0 fully saturated rings. The van der Waals surface area contributed by atoms with Gasteiger partial charge in [-0.1, -0.05) is 72.4 Å².